The molecular formula is C18H20N2O3. The fourth-order valence-corrected chi connectivity index (χ4v) is 3.08. The monoisotopic (exact) mass is 312 g/mol. The van der Waals surface area contributed by atoms with Gasteiger partial charge in [-0.1, -0.05) is 0 Å². The zero-order valence-corrected chi connectivity index (χ0v) is 13.6. The number of rotatable bonds is 3. The van der Waals surface area contributed by atoms with E-state index < -0.39 is 0 Å². The second-order valence-corrected chi connectivity index (χ2v) is 5.57. The second-order valence-electron chi connectivity index (χ2n) is 5.57. The number of amides is 1. The molecule has 0 aliphatic carbocycles. The molecule has 0 spiro atoms. The van der Waals surface area contributed by atoms with E-state index in [4.69, 9.17) is 9.47 Å². The van der Waals surface area contributed by atoms with Crippen molar-refractivity contribution >= 4 is 5.91 Å². The van der Waals surface area contributed by atoms with Crippen LogP contribution < -0.4 is 9.47 Å². The molecule has 1 unspecified atom stereocenters. The first-order valence-electron chi connectivity index (χ1n) is 7.61. The van der Waals surface area contributed by atoms with Gasteiger partial charge in [-0.2, -0.15) is 0 Å². The average Bonchev–Trinajstić information content (AvgIpc) is 2.61. The number of carbonyl (C=O) groups excluding carboxylic acids is 1. The van der Waals surface area contributed by atoms with E-state index in [1.807, 2.05) is 24.0 Å². The van der Waals surface area contributed by atoms with Gasteiger partial charge in [0.25, 0.3) is 5.91 Å². The van der Waals surface area contributed by atoms with Crippen LogP contribution >= 0.6 is 0 Å². The molecular weight excluding hydrogens is 292 g/mol. The largest absolute Gasteiger partial charge is 0.493 e. The molecule has 0 bridgehead atoms. The van der Waals surface area contributed by atoms with Crippen LogP contribution in [0, 0.1) is 0 Å². The number of hydrogen-bond donors (Lipinski definition) is 0. The quantitative estimate of drug-likeness (QED) is 0.874. The molecule has 1 amide bonds. The molecule has 1 aliphatic heterocycles. The Morgan fingerprint density at radius 3 is 2.48 bits per heavy atom. The van der Waals surface area contributed by atoms with Crippen LogP contribution in [0.15, 0.2) is 36.7 Å². The van der Waals surface area contributed by atoms with Crippen molar-refractivity contribution in [3.05, 3.63) is 53.3 Å². The van der Waals surface area contributed by atoms with Crippen LogP contribution in [0.2, 0.25) is 0 Å². The number of aromatic nitrogens is 1. The van der Waals surface area contributed by atoms with Crippen LogP contribution in [-0.4, -0.2) is 36.6 Å². The van der Waals surface area contributed by atoms with Crippen LogP contribution in [0.25, 0.3) is 0 Å². The summed E-state index contributed by atoms with van der Waals surface area (Å²) in [7, 11) is 3.26. The number of fused-ring (bicyclic) bond motifs is 1. The van der Waals surface area contributed by atoms with Gasteiger partial charge in [-0.15, -0.1) is 0 Å². The van der Waals surface area contributed by atoms with E-state index >= 15 is 0 Å². The van der Waals surface area contributed by atoms with E-state index in [9.17, 15) is 4.79 Å². The lowest BCUT2D eigenvalue weighted by Crippen LogP contribution is -2.38. The topological polar surface area (TPSA) is 51.7 Å². The van der Waals surface area contributed by atoms with Crippen LogP contribution in [0.4, 0.5) is 0 Å². The van der Waals surface area contributed by atoms with Crippen molar-refractivity contribution in [3.63, 3.8) is 0 Å². The van der Waals surface area contributed by atoms with E-state index in [1.54, 1.807) is 38.7 Å². The van der Waals surface area contributed by atoms with Gasteiger partial charge in [0, 0.05) is 24.5 Å². The molecule has 0 radical (unpaired) electrons. The third-order valence-electron chi connectivity index (χ3n) is 4.37. The second kappa shape index (κ2) is 6.28. The molecule has 0 fully saturated rings. The maximum Gasteiger partial charge on any atom is 0.254 e. The van der Waals surface area contributed by atoms with Crippen LogP contribution in [-0.2, 0) is 6.42 Å². The van der Waals surface area contributed by atoms with Gasteiger partial charge >= 0.3 is 0 Å². The van der Waals surface area contributed by atoms with Crippen molar-refractivity contribution in [3.8, 4) is 11.5 Å². The first-order valence-corrected chi connectivity index (χ1v) is 7.61. The fraction of sp³-hybridized carbons (Fsp3) is 0.333. The third kappa shape index (κ3) is 2.74. The predicted molar refractivity (Wildman–Crippen MR) is 86.9 cm³/mol. The first kappa shape index (κ1) is 15.3. The molecule has 1 aromatic heterocycles. The maximum absolute atomic E-state index is 12.7. The summed E-state index contributed by atoms with van der Waals surface area (Å²) in [5.41, 5.74) is 2.97. The van der Waals surface area contributed by atoms with Crippen molar-refractivity contribution < 1.29 is 14.3 Å². The Morgan fingerprint density at radius 2 is 1.83 bits per heavy atom. The number of methoxy groups -OCH3 is 2. The van der Waals surface area contributed by atoms with Crippen LogP contribution in [0.1, 0.15) is 34.5 Å². The van der Waals surface area contributed by atoms with Gasteiger partial charge in [0.2, 0.25) is 0 Å². The van der Waals surface area contributed by atoms with Gasteiger partial charge in [-0.3, -0.25) is 9.78 Å². The fourth-order valence-electron chi connectivity index (χ4n) is 3.08. The molecule has 23 heavy (non-hydrogen) atoms. The Morgan fingerprint density at radius 1 is 1.17 bits per heavy atom. The summed E-state index contributed by atoms with van der Waals surface area (Å²) >= 11 is 0. The summed E-state index contributed by atoms with van der Waals surface area (Å²) in [6.45, 7) is 2.73. The molecule has 2 heterocycles. The normalized spacial score (nSPS) is 16.7. The van der Waals surface area contributed by atoms with Crippen LogP contribution in [0.3, 0.4) is 0 Å². The molecule has 3 rings (SSSR count). The number of hydrogen-bond acceptors (Lipinski definition) is 4. The molecule has 0 saturated heterocycles. The molecule has 2 aromatic rings. The molecule has 0 N–H and O–H groups in total. The molecule has 120 valence electrons. The number of carbonyl (C=O) groups is 1. The third-order valence-corrected chi connectivity index (χ3v) is 4.37. The summed E-state index contributed by atoms with van der Waals surface area (Å²) in [6, 6.07) is 7.47. The lowest BCUT2D eigenvalue weighted by Gasteiger charge is -2.35. The van der Waals surface area contributed by atoms with E-state index in [0.717, 1.165) is 17.7 Å². The Hall–Kier alpha value is -2.56. The molecule has 1 atom stereocenters. The number of benzene rings is 1. The van der Waals surface area contributed by atoms with Crippen molar-refractivity contribution in [1.82, 2.24) is 9.88 Å². The first-order chi connectivity index (χ1) is 11.2. The van der Waals surface area contributed by atoms with E-state index in [1.165, 1.54) is 5.56 Å². The minimum atomic E-state index is -0.0146. The summed E-state index contributed by atoms with van der Waals surface area (Å²) in [5, 5.41) is 0. The highest BCUT2D eigenvalue weighted by molar-refractivity contribution is 5.94. The Labute approximate surface area is 135 Å². The highest BCUT2D eigenvalue weighted by atomic mass is 16.5. The van der Waals surface area contributed by atoms with Gasteiger partial charge in [-0.25, -0.2) is 0 Å². The number of ether oxygens (including phenoxy) is 2. The Kier molecular flexibility index (Phi) is 4.19. The summed E-state index contributed by atoms with van der Waals surface area (Å²) < 4.78 is 10.8. The van der Waals surface area contributed by atoms with Gasteiger partial charge in [0.05, 0.1) is 20.3 Å². The summed E-state index contributed by atoms with van der Waals surface area (Å²) in [6.07, 6.45) is 4.09. The standard InChI is InChI=1S/C18H20N2O3/c1-12-15-11-17(23-3)16(22-2)10-14(15)6-9-20(12)18(21)13-4-7-19-8-5-13/h4-5,7-8,10-12H,6,9H2,1-3H3. The number of pyridine rings is 1. The van der Waals surface area contributed by atoms with Gasteiger partial charge in [0.15, 0.2) is 11.5 Å². The number of nitrogens with zero attached hydrogens (tertiary/aromatic N) is 2. The lowest BCUT2D eigenvalue weighted by atomic mass is 9.92. The van der Waals surface area contributed by atoms with Crippen LogP contribution in [0.5, 0.6) is 11.5 Å². The Balaban J connectivity index is 1.94. The van der Waals surface area contributed by atoms with Crippen molar-refractivity contribution in [1.29, 1.82) is 0 Å². The molecule has 0 saturated carbocycles. The van der Waals surface area contributed by atoms with E-state index in [-0.39, 0.29) is 11.9 Å². The predicted octanol–water partition coefficient (Wildman–Crippen LogP) is 2.86. The van der Waals surface area contributed by atoms with E-state index in [0.29, 0.717) is 17.9 Å². The van der Waals surface area contributed by atoms with Gasteiger partial charge < -0.3 is 14.4 Å². The van der Waals surface area contributed by atoms with Crippen molar-refractivity contribution in [2.24, 2.45) is 0 Å². The van der Waals surface area contributed by atoms with Crippen molar-refractivity contribution in [2.45, 2.75) is 19.4 Å². The lowest BCUT2D eigenvalue weighted by molar-refractivity contribution is 0.0677. The molecule has 1 aliphatic rings. The van der Waals surface area contributed by atoms with Crippen molar-refractivity contribution in [2.75, 3.05) is 20.8 Å². The van der Waals surface area contributed by atoms with E-state index in [2.05, 4.69) is 4.98 Å². The summed E-state index contributed by atoms with van der Waals surface area (Å²) in [5.74, 6) is 1.45. The zero-order chi connectivity index (χ0) is 16.4. The SMILES string of the molecule is COc1cc2c(cc1OC)C(C)N(C(=O)c1ccncc1)CC2. The maximum atomic E-state index is 12.7. The van der Waals surface area contributed by atoms with Gasteiger partial charge in [-0.05, 0) is 48.7 Å². The minimum absolute atomic E-state index is 0.0146. The average molecular weight is 312 g/mol. The highest BCUT2D eigenvalue weighted by Gasteiger charge is 2.29. The highest BCUT2D eigenvalue weighted by Crippen LogP contribution is 2.38. The summed E-state index contributed by atoms with van der Waals surface area (Å²) in [4.78, 5) is 18.6. The Bertz CT molecular complexity index is 716. The molecule has 1 aromatic carbocycles. The smallest absolute Gasteiger partial charge is 0.254 e. The molecule has 5 nitrogen and oxygen atoms in total. The minimum Gasteiger partial charge on any atom is -0.493 e. The zero-order valence-electron chi connectivity index (χ0n) is 13.6. The molecule has 5 heteroatoms. The van der Waals surface area contributed by atoms with Gasteiger partial charge in [0.1, 0.15) is 0 Å².